The van der Waals surface area contributed by atoms with Gasteiger partial charge < -0.3 is 14.8 Å². The summed E-state index contributed by atoms with van der Waals surface area (Å²) in [4.78, 5) is 28.2. The van der Waals surface area contributed by atoms with Gasteiger partial charge in [-0.2, -0.15) is 0 Å². The second-order valence-corrected chi connectivity index (χ2v) is 9.98. The number of rotatable bonds is 7. The number of carbonyl (C=O) groups excluding carboxylic acids is 1. The molecule has 2 saturated heterocycles. The molecular weight excluding hydrogens is 489 g/mol. The summed E-state index contributed by atoms with van der Waals surface area (Å²) >= 11 is 0. The van der Waals surface area contributed by atoms with E-state index in [1.807, 2.05) is 37.3 Å². The maximum absolute atomic E-state index is 13.6. The first kappa shape index (κ1) is 24.4. The first-order valence-electron chi connectivity index (χ1n) is 12.9. The van der Waals surface area contributed by atoms with Gasteiger partial charge in [0, 0.05) is 28.8 Å². The zero-order chi connectivity index (χ0) is 26.4. The predicted molar refractivity (Wildman–Crippen MR) is 138 cm³/mol. The molecule has 0 radical (unpaired) electrons. The van der Waals surface area contributed by atoms with Gasteiger partial charge in [0.2, 0.25) is 0 Å². The number of nitrogens with one attached hydrogen (secondary N) is 1. The number of benzene rings is 3. The predicted octanol–water partition coefficient (Wildman–Crippen LogP) is 4.86. The highest BCUT2D eigenvalue weighted by Gasteiger charge is 2.73. The average molecular weight is 518 g/mol. The molecule has 3 aromatic rings. The summed E-state index contributed by atoms with van der Waals surface area (Å²) in [6.45, 7) is 3.08. The smallest absolute Gasteiger partial charge is 0.256 e. The second kappa shape index (κ2) is 9.40. The van der Waals surface area contributed by atoms with E-state index in [2.05, 4.69) is 10.2 Å². The number of halogens is 1. The Balaban J connectivity index is 1.40. The molecule has 0 unspecified atom stereocenters. The number of nitro groups is 1. The molecule has 4 atom stereocenters. The third-order valence-electron chi connectivity index (χ3n) is 8.05. The summed E-state index contributed by atoms with van der Waals surface area (Å²) in [7, 11) is 0. The van der Waals surface area contributed by atoms with Crippen LogP contribution in [0.25, 0.3) is 0 Å². The van der Waals surface area contributed by atoms with Gasteiger partial charge in [-0.1, -0.05) is 36.4 Å². The Labute approximate surface area is 219 Å². The Morgan fingerprint density at radius 2 is 1.89 bits per heavy atom. The molecule has 3 aliphatic heterocycles. The number of anilines is 1. The molecule has 0 saturated carbocycles. The molecule has 6 rings (SSSR count). The van der Waals surface area contributed by atoms with E-state index in [0.717, 1.165) is 24.0 Å². The molecular formula is C29H28FN3O5. The third-order valence-corrected chi connectivity index (χ3v) is 8.05. The quantitative estimate of drug-likeness (QED) is 0.356. The van der Waals surface area contributed by atoms with Crippen molar-refractivity contribution in [1.82, 2.24) is 4.90 Å². The molecule has 9 heteroatoms. The van der Waals surface area contributed by atoms with Crippen LogP contribution in [0, 0.1) is 15.9 Å². The molecule has 0 bridgehead atoms. The number of nitrogens with zero attached hydrogens (tertiary/aromatic N) is 2. The fourth-order valence-electron chi connectivity index (χ4n) is 6.64. The van der Waals surface area contributed by atoms with Crippen molar-refractivity contribution in [3.05, 3.63) is 99.4 Å². The first-order valence-corrected chi connectivity index (χ1v) is 12.9. The van der Waals surface area contributed by atoms with Crippen molar-refractivity contribution < 1.29 is 23.6 Å². The van der Waals surface area contributed by atoms with Gasteiger partial charge in [0.05, 0.1) is 12.5 Å². The molecule has 196 valence electrons. The average Bonchev–Trinajstić information content (AvgIpc) is 3.57. The maximum atomic E-state index is 13.6. The Morgan fingerprint density at radius 3 is 2.66 bits per heavy atom. The van der Waals surface area contributed by atoms with Crippen LogP contribution in [0.4, 0.5) is 10.1 Å². The molecule has 0 aromatic heterocycles. The number of fused-ring (bicyclic) bond motifs is 4. The van der Waals surface area contributed by atoms with Crippen molar-refractivity contribution in [1.29, 1.82) is 0 Å². The Morgan fingerprint density at radius 1 is 1.11 bits per heavy atom. The van der Waals surface area contributed by atoms with Gasteiger partial charge in [-0.3, -0.25) is 19.8 Å². The van der Waals surface area contributed by atoms with Gasteiger partial charge in [-0.05, 0) is 61.2 Å². The van der Waals surface area contributed by atoms with E-state index in [9.17, 15) is 19.3 Å². The molecule has 8 nitrogen and oxygen atoms in total. The number of carbonyl (C=O) groups is 1. The molecule has 1 amide bonds. The molecule has 3 aliphatic rings. The van der Waals surface area contributed by atoms with Crippen molar-refractivity contribution in [3.63, 3.8) is 0 Å². The monoisotopic (exact) mass is 517 g/mol. The van der Waals surface area contributed by atoms with E-state index in [4.69, 9.17) is 9.47 Å². The number of amides is 1. The van der Waals surface area contributed by atoms with Crippen LogP contribution in [0.5, 0.6) is 11.5 Å². The fourth-order valence-corrected chi connectivity index (χ4v) is 6.64. The Hall–Kier alpha value is -3.98. The summed E-state index contributed by atoms with van der Waals surface area (Å²) < 4.78 is 25.2. The van der Waals surface area contributed by atoms with Crippen LogP contribution in [0.3, 0.4) is 0 Å². The van der Waals surface area contributed by atoms with Gasteiger partial charge in [0.15, 0.2) is 17.0 Å². The molecule has 0 aliphatic carbocycles. The van der Waals surface area contributed by atoms with E-state index in [1.165, 1.54) is 12.1 Å². The van der Waals surface area contributed by atoms with E-state index in [0.29, 0.717) is 35.9 Å². The summed E-state index contributed by atoms with van der Waals surface area (Å²) in [5, 5.41) is 15.7. The molecule has 3 heterocycles. The van der Waals surface area contributed by atoms with E-state index < -0.39 is 17.5 Å². The van der Waals surface area contributed by atoms with Gasteiger partial charge in [-0.25, -0.2) is 4.39 Å². The number of hydrogen-bond acceptors (Lipinski definition) is 6. The van der Waals surface area contributed by atoms with Gasteiger partial charge in [0.1, 0.15) is 12.4 Å². The first-order chi connectivity index (χ1) is 18.4. The van der Waals surface area contributed by atoms with Crippen molar-refractivity contribution in [2.75, 3.05) is 18.5 Å². The molecule has 1 N–H and O–H groups in total. The van der Waals surface area contributed by atoms with Crippen molar-refractivity contribution in [2.45, 2.75) is 49.9 Å². The maximum Gasteiger partial charge on any atom is 0.256 e. The van der Waals surface area contributed by atoms with Crippen LogP contribution >= 0.6 is 0 Å². The van der Waals surface area contributed by atoms with Crippen LogP contribution in [-0.4, -0.2) is 41.0 Å². The van der Waals surface area contributed by atoms with E-state index in [-0.39, 0.29) is 29.3 Å². The van der Waals surface area contributed by atoms with Crippen LogP contribution in [0.1, 0.15) is 42.4 Å². The zero-order valence-electron chi connectivity index (χ0n) is 20.9. The van der Waals surface area contributed by atoms with Crippen LogP contribution in [0.15, 0.2) is 66.7 Å². The van der Waals surface area contributed by atoms with Gasteiger partial charge >= 0.3 is 0 Å². The molecule has 1 spiro atoms. The Kier molecular flexibility index (Phi) is 6.03. The highest BCUT2D eigenvalue weighted by Crippen LogP contribution is 2.58. The molecule has 2 fully saturated rings. The van der Waals surface area contributed by atoms with Gasteiger partial charge in [0.25, 0.3) is 11.9 Å². The topological polar surface area (TPSA) is 93.9 Å². The lowest BCUT2D eigenvalue weighted by atomic mass is 9.77. The number of ether oxygens (including phenoxy) is 2. The van der Waals surface area contributed by atoms with Crippen molar-refractivity contribution in [2.24, 2.45) is 0 Å². The SMILES string of the molecule is CCOc1cc([C@H]2[C@H]([N+](=O)[O-])[C@@]3(C(=O)Nc4ccccc43)N3CCC[C@@H]23)ccc1OCc1ccc(F)cc1. The minimum atomic E-state index is -1.37. The normalized spacial score (nSPS) is 25.7. The zero-order valence-corrected chi connectivity index (χ0v) is 20.9. The third kappa shape index (κ3) is 3.64. The van der Waals surface area contributed by atoms with Crippen LogP contribution in [0.2, 0.25) is 0 Å². The van der Waals surface area contributed by atoms with Crippen molar-refractivity contribution >= 4 is 11.6 Å². The largest absolute Gasteiger partial charge is 0.490 e. The number of hydrogen-bond donors (Lipinski definition) is 1. The lowest BCUT2D eigenvalue weighted by molar-refractivity contribution is -0.534. The summed E-state index contributed by atoms with van der Waals surface area (Å²) in [5.41, 5.74) is 1.49. The number of para-hydroxylation sites is 1. The fraction of sp³-hybridized carbons (Fsp3) is 0.345. The standard InChI is InChI=1S/C29H28FN3O5/c1-2-37-25-16-19(11-14-24(25)38-17-18-9-12-20(30)13-10-18)26-23-8-5-15-32(23)29(27(26)33(35)36)21-6-3-4-7-22(21)31-28(29)34/h3-4,6-7,9-14,16,23,26-27H,2,5,8,15,17H2,1H3,(H,31,34)/t23-,26+,27-,29-/m0/s1. The molecule has 3 aromatic carbocycles. The van der Waals surface area contributed by atoms with E-state index in [1.54, 1.807) is 24.3 Å². The van der Waals surface area contributed by atoms with Crippen LogP contribution < -0.4 is 14.8 Å². The minimum Gasteiger partial charge on any atom is -0.490 e. The molecule has 38 heavy (non-hydrogen) atoms. The lowest BCUT2D eigenvalue weighted by Crippen LogP contribution is -2.55. The van der Waals surface area contributed by atoms with Gasteiger partial charge in [-0.15, -0.1) is 0 Å². The summed E-state index contributed by atoms with van der Waals surface area (Å²) in [6, 6.07) is 17.5. The van der Waals surface area contributed by atoms with E-state index >= 15 is 0 Å². The van der Waals surface area contributed by atoms with Crippen LogP contribution in [-0.2, 0) is 16.9 Å². The highest BCUT2D eigenvalue weighted by molar-refractivity contribution is 6.07. The highest BCUT2D eigenvalue weighted by atomic mass is 19.1. The van der Waals surface area contributed by atoms with Crippen molar-refractivity contribution in [3.8, 4) is 11.5 Å². The minimum absolute atomic E-state index is 0.164. The summed E-state index contributed by atoms with van der Waals surface area (Å²) in [5.74, 6) is -0.190. The Bertz CT molecular complexity index is 1400. The second-order valence-electron chi connectivity index (χ2n) is 9.98. The lowest BCUT2D eigenvalue weighted by Gasteiger charge is -2.32. The summed E-state index contributed by atoms with van der Waals surface area (Å²) in [6.07, 6.45) is 1.62.